The van der Waals surface area contributed by atoms with Crippen molar-refractivity contribution in [1.82, 2.24) is 9.80 Å². The van der Waals surface area contributed by atoms with Crippen molar-refractivity contribution in [2.24, 2.45) is 0 Å². The minimum absolute atomic E-state index is 0.206. The maximum Gasteiger partial charge on any atom is 0.120 e. The molecule has 0 amide bonds. The summed E-state index contributed by atoms with van der Waals surface area (Å²) in [5.74, 6) is 0.414. The van der Waals surface area contributed by atoms with Crippen LogP contribution in [0.5, 0.6) is 5.75 Å². The molecule has 1 aromatic rings. The lowest BCUT2D eigenvalue weighted by molar-refractivity contribution is 0.0356. The van der Waals surface area contributed by atoms with Crippen LogP contribution in [0.2, 0.25) is 0 Å². The summed E-state index contributed by atoms with van der Waals surface area (Å²) in [6.07, 6.45) is 0. The average molecular weight is 248 g/mol. The van der Waals surface area contributed by atoms with Crippen LogP contribution >= 0.6 is 0 Å². The van der Waals surface area contributed by atoms with Crippen molar-refractivity contribution in [2.75, 3.05) is 26.7 Å². The van der Waals surface area contributed by atoms with Gasteiger partial charge in [-0.15, -0.1) is 0 Å². The summed E-state index contributed by atoms with van der Waals surface area (Å²) in [5.41, 5.74) is 2.45. The second-order valence-electron chi connectivity index (χ2n) is 6.08. The van der Waals surface area contributed by atoms with Crippen molar-refractivity contribution in [3.63, 3.8) is 0 Å². The number of likely N-dealkylation sites (N-methyl/N-ethyl adjacent to an activating group) is 1. The summed E-state index contributed by atoms with van der Waals surface area (Å²) in [4.78, 5) is 4.83. The molecule has 0 aliphatic carbocycles. The molecule has 1 fully saturated rings. The molecule has 1 heterocycles. The SMILES string of the molecule is Cc1ccc(O)c(CN2CCN(C)C(C)(C)C2)c1. The predicted molar refractivity (Wildman–Crippen MR) is 74.8 cm³/mol. The second kappa shape index (κ2) is 4.90. The molecule has 0 spiro atoms. The molecule has 1 saturated heterocycles. The number of phenols is 1. The Morgan fingerprint density at radius 2 is 2.00 bits per heavy atom. The van der Waals surface area contributed by atoms with Crippen LogP contribution in [-0.4, -0.2) is 47.1 Å². The van der Waals surface area contributed by atoms with Crippen molar-refractivity contribution in [3.05, 3.63) is 29.3 Å². The molecule has 0 atom stereocenters. The van der Waals surface area contributed by atoms with Gasteiger partial charge in [0, 0.05) is 37.3 Å². The number of aryl methyl sites for hydroxylation is 1. The summed E-state index contributed by atoms with van der Waals surface area (Å²) in [5, 5.41) is 9.91. The first kappa shape index (κ1) is 13.4. The lowest BCUT2D eigenvalue weighted by Crippen LogP contribution is -2.57. The number of nitrogens with zero attached hydrogens (tertiary/aromatic N) is 2. The Kier molecular flexibility index (Phi) is 3.64. The minimum atomic E-state index is 0.206. The van der Waals surface area contributed by atoms with Gasteiger partial charge >= 0.3 is 0 Å². The fraction of sp³-hybridized carbons (Fsp3) is 0.600. The van der Waals surface area contributed by atoms with Crippen LogP contribution in [-0.2, 0) is 6.54 Å². The maximum atomic E-state index is 9.91. The maximum absolute atomic E-state index is 9.91. The highest BCUT2D eigenvalue weighted by atomic mass is 16.3. The van der Waals surface area contributed by atoms with Crippen LogP contribution in [0, 0.1) is 6.92 Å². The van der Waals surface area contributed by atoms with Gasteiger partial charge in [0.2, 0.25) is 0 Å². The molecule has 1 aliphatic rings. The number of aromatic hydroxyl groups is 1. The number of phenolic OH excluding ortho intramolecular Hbond substituents is 1. The van der Waals surface area contributed by atoms with E-state index in [9.17, 15) is 5.11 Å². The minimum Gasteiger partial charge on any atom is -0.508 e. The number of hydrogen-bond donors (Lipinski definition) is 1. The highest BCUT2D eigenvalue weighted by Gasteiger charge is 2.30. The van der Waals surface area contributed by atoms with Crippen LogP contribution < -0.4 is 0 Å². The van der Waals surface area contributed by atoms with Crippen LogP contribution in [0.1, 0.15) is 25.0 Å². The van der Waals surface area contributed by atoms with E-state index < -0.39 is 0 Å². The monoisotopic (exact) mass is 248 g/mol. The van der Waals surface area contributed by atoms with Gasteiger partial charge in [-0.1, -0.05) is 17.7 Å². The van der Waals surface area contributed by atoms with E-state index in [4.69, 9.17) is 0 Å². The third-order valence-electron chi connectivity index (χ3n) is 4.02. The van der Waals surface area contributed by atoms with E-state index in [0.29, 0.717) is 5.75 Å². The van der Waals surface area contributed by atoms with E-state index in [-0.39, 0.29) is 5.54 Å². The van der Waals surface area contributed by atoms with Crippen LogP contribution in [0.4, 0.5) is 0 Å². The zero-order valence-electron chi connectivity index (χ0n) is 11.9. The third-order valence-corrected chi connectivity index (χ3v) is 4.02. The van der Waals surface area contributed by atoms with E-state index in [1.54, 1.807) is 6.07 Å². The smallest absolute Gasteiger partial charge is 0.120 e. The van der Waals surface area contributed by atoms with E-state index in [0.717, 1.165) is 31.7 Å². The van der Waals surface area contributed by atoms with Gasteiger partial charge in [-0.25, -0.2) is 0 Å². The third kappa shape index (κ3) is 2.85. The van der Waals surface area contributed by atoms with Crippen LogP contribution in [0.15, 0.2) is 18.2 Å². The largest absolute Gasteiger partial charge is 0.508 e. The standard InChI is InChI=1S/C15H24N2O/c1-12-5-6-14(18)13(9-12)10-17-8-7-16(4)15(2,3)11-17/h5-6,9,18H,7-8,10-11H2,1-4H3. The van der Waals surface area contributed by atoms with Crippen molar-refractivity contribution in [2.45, 2.75) is 32.9 Å². The van der Waals surface area contributed by atoms with Gasteiger partial charge in [-0.3, -0.25) is 9.80 Å². The average Bonchev–Trinajstić information content (AvgIpc) is 2.28. The molecule has 1 aliphatic heterocycles. The molecule has 0 aromatic heterocycles. The lowest BCUT2D eigenvalue weighted by atomic mass is 9.99. The molecule has 3 nitrogen and oxygen atoms in total. The summed E-state index contributed by atoms with van der Waals surface area (Å²) < 4.78 is 0. The highest BCUT2D eigenvalue weighted by Crippen LogP contribution is 2.24. The number of benzene rings is 1. The van der Waals surface area contributed by atoms with Crippen molar-refractivity contribution in [3.8, 4) is 5.75 Å². The summed E-state index contributed by atoms with van der Waals surface area (Å²) >= 11 is 0. The quantitative estimate of drug-likeness (QED) is 0.869. The van der Waals surface area contributed by atoms with E-state index in [1.165, 1.54) is 5.56 Å². The highest BCUT2D eigenvalue weighted by molar-refractivity contribution is 5.35. The molecule has 18 heavy (non-hydrogen) atoms. The molecule has 3 heteroatoms. The fourth-order valence-corrected chi connectivity index (χ4v) is 2.56. The first-order chi connectivity index (χ1) is 8.38. The Balaban J connectivity index is 2.08. The summed E-state index contributed by atoms with van der Waals surface area (Å²) in [7, 11) is 2.18. The van der Waals surface area contributed by atoms with Gasteiger partial charge in [0.25, 0.3) is 0 Å². The van der Waals surface area contributed by atoms with Gasteiger partial charge in [-0.05, 0) is 33.9 Å². The molecule has 0 radical (unpaired) electrons. The van der Waals surface area contributed by atoms with E-state index in [2.05, 4.69) is 43.7 Å². The van der Waals surface area contributed by atoms with Gasteiger partial charge in [0.15, 0.2) is 0 Å². The number of piperazine rings is 1. The molecule has 0 bridgehead atoms. The summed E-state index contributed by atoms with van der Waals surface area (Å²) in [6.45, 7) is 10.6. The van der Waals surface area contributed by atoms with Gasteiger partial charge < -0.3 is 5.11 Å². The Morgan fingerprint density at radius 1 is 1.28 bits per heavy atom. The zero-order chi connectivity index (χ0) is 13.3. The normalized spacial score (nSPS) is 21.1. The molecule has 0 unspecified atom stereocenters. The van der Waals surface area contributed by atoms with Gasteiger partial charge in [0.05, 0.1) is 0 Å². The first-order valence-corrected chi connectivity index (χ1v) is 6.60. The van der Waals surface area contributed by atoms with Crippen molar-refractivity contribution < 1.29 is 5.11 Å². The van der Waals surface area contributed by atoms with E-state index >= 15 is 0 Å². The summed E-state index contributed by atoms with van der Waals surface area (Å²) in [6, 6.07) is 5.83. The van der Waals surface area contributed by atoms with Crippen molar-refractivity contribution >= 4 is 0 Å². The second-order valence-corrected chi connectivity index (χ2v) is 6.08. The lowest BCUT2D eigenvalue weighted by Gasteiger charge is -2.45. The molecule has 2 rings (SSSR count). The molecular weight excluding hydrogens is 224 g/mol. The molecule has 1 aromatic carbocycles. The van der Waals surface area contributed by atoms with E-state index in [1.807, 2.05) is 6.07 Å². The van der Waals surface area contributed by atoms with Crippen LogP contribution in [0.25, 0.3) is 0 Å². The van der Waals surface area contributed by atoms with Crippen LogP contribution in [0.3, 0.4) is 0 Å². The van der Waals surface area contributed by atoms with Gasteiger partial charge in [0.1, 0.15) is 5.75 Å². The molecular formula is C15H24N2O. The van der Waals surface area contributed by atoms with Crippen molar-refractivity contribution in [1.29, 1.82) is 0 Å². The topological polar surface area (TPSA) is 26.7 Å². The molecule has 1 N–H and O–H groups in total. The Hall–Kier alpha value is -1.06. The molecule has 0 saturated carbocycles. The number of rotatable bonds is 2. The Bertz CT molecular complexity index is 429. The number of hydrogen-bond acceptors (Lipinski definition) is 3. The Labute approximate surface area is 110 Å². The Morgan fingerprint density at radius 3 is 2.67 bits per heavy atom. The van der Waals surface area contributed by atoms with Gasteiger partial charge in [-0.2, -0.15) is 0 Å². The zero-order valence-corrected chi connectivity index (χ0v) is 11.9. The predicted octanol–water partition coefficient (Wildman–Crippen LogP) is 2.23. The molecule has 100 valence electrons. The fourth-order valence-electron chi connectivity index (χ4n) is 2.56. The first-order valence-electron chi connectivity index (χ1n) is 6.60.